The first-order valence-electron chi connectivity index (χ1n) is 42.9. The zero-order valence-corrected chi connectivity index (χ0v) is 72.6. The van der Waals surface area contributed by atoms with E-state index in [9.17, 15) is 38.0 Å². The van der Waals surface area contributed by atoms with Crippen molar-refractivity contribution < 1.29 is 42.3 Å². The Morgan fingerprint density at radius 1 is 0.391 bits per heavy atom. The summed E-state index contributed by atoms with van der Waals surface area (Å²) in [6, 6.07) is 51.5. The largest absolute Gasteiger partial charge is 0.373 e. The second-order valence-electron chi connectivity index (χ2n) is 32.2. The molecule has 0 spiro atoms. The summed E-state index contributed by atoms with van der Waals surface area (Å²) in [5, 5.41) is 30.5. The Bertz CT molecular complexity index is 5640. The molecule has 28 nitrogen and oxygen atoms in total. The highest BCUT2D eigenvalue weighted by molar-refractivity contribution is 6.00. The van der Waals surface area contributed by atoms with E-state index in [1.807, 2.05) is 156 Å². The molecule has 0 unspecified atom stereocenters. The fourth-order valence-electron chi connectivity index (χ4n) is 16.3. The van der Waals surface area contributed by atoms with Crippen molar-refractivity contribution >= 4 is 46.9 Å². The van der Waals surface area contributed by atoms with E-state index < -0.39 is 11.6 Å². The Labute approximate surface area is 744 Å². The number of hydrogen-bond donors (Lipinski definition) is 0. The Hall–Kier alpha value is -14.2. The van der Waals surface area contributed by atoms with Gasteiger partial charge in [0.1, 0.15) is 55.7 Å². The molecule has 0 radical (unpaired) electrons. The zero-order chi connectivity index (χ0) is 90.4. The fourth-order valence-corrected chi connectivity index (χ4v) is 16.3. The van der Waals surface area contributed by atoms with Gasteiger partial charge >= 0.3 is 6.15 Å². The lowest BCUT2D eigenvalue weighted by atomic mass is 10.00. The van der Waals surface area contributed by atoms with Gasteiger partial charge in [-0.3, -0.25) is 43.6 Å². The van der Waals surface area contributed by atoms with Gasteiger partial charge in [0.15, 0.2) is 11.5 Å². The minimum Gasteiger partial charge on any atom is -0.340 e. The number of halogens is 2. The van der Waals surface area contributed by atoms with Crippen LogP contribution in [0.15, 0.2) is 190 Å². The SMILES string of the molecule is Cc1ccc(CCN2CCN(C(=O)Cc3ccc(-n4cncn4)cc3)CC2)cc1C#N.N#Cc1cc(CCN2CCN(C(=O)Cc3ccc4c(c3)CCC4=O)CC2)ccc1F.O=C=O.[C-]#[N+]c1c(C)ccc(CCN2CCN(C(=O)Cc3ccc(-n4cncn4)cc3)CC2)c1C.[C-]#[N+]c1c(F)ccc(CCN2CCN(C(=O)Cc3ccc(-n4cncn4)cc3)CC2)c1C. The molecule has 5 aliphatic rings. The van der Waals surface area contributed by atoms with Crippen LogP contribution in [0.5, 0.6) is 0 Å². The lowest BCUT2D eigenvalue weighted by molar-refractivity contribution is -0.191. The number of aromatic nitrogens is 9. The van der Waals surface area contributed by atoms with Gasteiger partial charge in [0.25, 0.3) is 0 Å². The molecule has 30 heteroatoms. The molecule has 0 atom stereocenters. The Balaban J connectivity index is 0.000000153. The van der Waals surface area contributed by atoms with Gasteiger partial charge in [0.2, 0.25) is 29.3 Å². The first-order valence-corrected chi connectivity index (χ1v) is 42.9. The highest BCUT2D eigenvalue weighted by Crippen LogP contribution is 2.30. The van der Waals surface area contributed by atoms with Crippen LogP contribution in [0, 0.1) is 75.1 Å². The number of benzene rings is 8. The number of ketones is 1. The summed E-state index contributed by atoms with van der Waals surface area (Å²) in [6.45, 7) is 38.5. The van der Waals surface area contributed by atoms with Crippen LogP contribution in [-0.4, -0.2) is 250 Å². The Kier molecular flexibility index (Phi) is 33.5. The minimum atomic E-state index is -0.483. The van der Waals surface area contributed by atoms with Crippen LogP contribution >= 0.6 is 0 Å². The first-order chi connectivity index (χ1) is 62.2. The van der Waals surface area contributed by atoms with Gasteiger partial charge in [-0.1, -0.05) is 102 Å². The van der Waals surface area contributed by atoms with Gasteiger partial charge in [0.05, 0.1) is 73.1 Å². The zero-order valence-electron chi connectivity index (χ0n) is 72.6. The van der Waals surface area contributed by atoms with E-state index in [2.05, 4.69) is 77.7 Å². The number of aryl methyl sites for hydroxylation is 3. The van der Waals surface area contributed by atoms with Gasteiger partial charge < -0.3 is 19.6 Å². The molecule has 0 bridgehead atoms. The Morgan fingerprint density at radius 3 is 1.11 bits per heavy atom. The number of nitrogens with zero attached hydrogens (tertiary/aromatic N) is 21. The lowest BCUT2D eigenvalue weighted by Crippen LogP contribution is -2.49. The number of nitriles is 2. The smallest absolute Gasteiger partial charge is 0.340 e. The van der Waals surface area contributed by atoms with Gasteiger partial charge in [-0.05, 0) is 182 Å². The third kappa shape index (κ3) is 25.8. The molecule has 16 rings (SSSR count). The number of rotatable bonds is 23. The number of piperazine rings is 4. The summed E-state index contributed by atoms with van der Waals surface area (Å²) in [5.41, 5.74) is 18.6. The number of carbonyl (C=O) groups is 5. The average Bonchev–Trinajstić information content (AvgIpc) is 1.63. The van der Waals surface area contributed by atoms with Crippen LogP contribution in [-0.2, 0) is 86.6 Å². The normalized spacial score (nSPS) is 14.6. The van der Waals surface area contributed by atoms with E-state index in [1.54, 1.807) is 58.2 Å². The number of fused-ring (bicyclic) bond motifs is 1. The molecule has 4 saturated heterocycles. The van der Waals surface area contributed by atoms with Crippen molar-refractivity contribution in [2.24, 2.45) is 0 Å². The van der Waals surface area contributed by atoms with Crippen LogP contribution in [0.25, 0.3) is 26.8 Å². The van der Waals surface area contributed by atoms with Crippen LogP contribution in [0.4, 0.5) is 20.2 Å². The maximum absolute atomic E-state index is 13.7. The van der Waals surface area contributed by atoms with Crippen molar-refractivity contribution in [1.82, 2.24) is 83.5 Å². The molecule has 7 heterocycles. The second kappa shape index (κ2) is 46.1. The summed E-state index contributed by atoms with van der Waals surface area (Å²) in [5.74, 6) is -0.141. The molecule has 128 heavy (non-hydrogen) atoms. The van der Waals surface area contributed by atoms with Crippen molar-refractivity contribution in [2.45, 2.75) is 91.9 Å². The standard InChI is InChI=1S/C25H28N6O.C24H25FN6O.C24H24FN3O2.C24H26N6O.CO2/c1-19-4-7-22(20(2)25(19)26-3)10-11-29-12-14-30(15-13-29)24(32)16-21-5-8-23(9-6-21)31-18-27-17-28-31;1-18-20(5-8-22(25)24(18)26-2)9-10-29-11-13-30(14-12-29)23(32)15-19-3-6-21(7-4-19)31-17-27-16-28-31;25-22-5-2-17(13-20(22)16-26)7-8-27-9-11-28(12-10-27)24(30)15-18-1-4-21-19(14-18)3-6-23(21)29;1-19-2-3-21(14-22(19)16-25)8-9-28-10-12-29(13-11-28)24(31)15-20-4-6-23(7-5-20)30-18-26-17-27-30;2-1-3/h4-9,17-18H,10-16H2,1-2H3;3-8,16-17H,9-15H2,1H3;1-2,4-5,13-14H,3,6-12,15H2;2-7,14,17-18H,8-13,15H2,1H3;. The molecule has 4 aliphatic heterocycles. The van der Waals surface area contributed by atoms with E-state index in [0.29, 0.717) is 58.3 Å². The van der Waals surface area contributed by atoms with E-state index in [0.717, 1.165) is 232 Å². The third-order valence-corrected chi connectivity index (χ3v) is 24.1. The number of hydrogen-bond acceptors (Lipinski definition) is 19. The van der Waals surface area contributed by atoms with Crippen LogP contribution < -0.4 is 0 Å². The predicted molar refractivity (Wildman–Crippen MR) is 476 cm³/mol. The monoisotopic (exact) mass is 1720 g/mol. The van der Waals surface area contributed by atoms with E-state index in [-0.39, 0.29) is 46.8 Å². The van der Waals surface area contributed by atoms with Crippen LogP contribution in [0.1, 0.15) is 100 Å². The molecular formula is C98H103F2N21O7. The van der Waals surface area contributed by atoms with E-state index >= 15 is 0 Å². The fraction of sp³-hybridized carbons (Fsp3) is 0.347. The van der Waals surface area contributed by atoms with Crippen molar-refractivity contribution in [3.05, 3.63) is 313 Å². The molecular weight excluding hydrogens is 1620 g/mol. The Morgan fingerprint density at radius 2 is 0.727 bits per heavy atom. The summed E-state index contributed by atoms with van der Waals surface area (Å²) < 4.78 is 32.2. The average molecular weight is 1730 g/mol. The van der Waals surface area contributed by atoms with Gasteiger partial charge in [0, 0.05) is 143 Å². The minimum absolute atomic E-state index is 0.0823. The first kappa shape index (κ1) is 92.9. The van der Waals surface area contributed by atoms with Gasteiger partial charge in [-0.25, -0.2) is 47.5 Å². The van der Waals surface area contributed by atoms with Crippen LogP contribution in [0.3, 0.4) is 0 Å². The molecule has 656 valence electrons. The number of Topliss-reactive ketones (excluding diaryl/α,β-unsaturated/α-hetero) is 1. The molecule has 4 fully saturated rings. The summed E-state index contributed by atoms with van der Waals surface area (Å²) in [4.78, 5) is 115. The van der Waals surface area contributed by atoms with Crippen molar-refractivity contribution in [1.29, 1.82) is 10.5 Å². The second-order valence-corrected chi connectivity index (χ2v) is 32.2. The van der Waals surface area contributed by atoms with Crippen molar-refractivity contribution in [3.8, 4) is 29.2 Å². The quantitative estimate of drug-likeness (QED) is 0.0537. The summed E-state index contributed by atoms with van der Waals surface area (Å²) in [6.07, 6.45) is 16.0. The van der Waals surface area contributed by atoms with Crippen molar-refractivity contribution in [2.75, 3.05) is 131 Å². The van der Waals surface area contributed by atoms with Gasteiger partial charge in [-0.2, -0.15) is 35.4 Å². The number of carbonyl (C=O) groups excluding carboxylic acids is 7. The highest BCUT2D eigenvalue weighted by atomic mass is 19.1. The van der Waals surface area contributed by atoms with E-state index in [1.165, 1.54) is 42.2 Å². The molecule has 0 N–H and O–H groups in total. The summed E-state index contributed by atoms with van der Waals surface area (Å²) >= 11 is 0. The molecule has 4 amide bonds. The maximum Gasteiger partial charge on any atom is 0.373 e. The maximum atomic E-state index is 13.7. The number of amides is 4. The summed E-state index contributed by atoms with van der Waals surface area (Å²) in [7, 11) is 0. The molecule has 3 aromatic heterocycles. The van der Waals surface area contributed by atoms with Crippen LogP contribution in [0.2, 0.25) is 0 Å². The topological polar surface area (TPSA) is 294 Å². The molecule has 0 saturated carbocycles. The van der Waals surface area contributed by atoms with E-state index in [4.69, 9.17) is 28.0 Å². The molecule has 1 aliphatic carbocycles. The van der Waals surface area contributed by atoms with Gasteiger partial charge in [-0.15, -0.1) is 0 Å². The highest BCUT2D eigenvalue weighted by Gasteiger charge is 2.28. The molecule has 11 aromatic rings. The van der Waals surface area contributed by atoms with Crippen molar-refractivity contribution in [3.63, 3.8) is 0 Å². The third-order valence-electron chi connectivity index (χ3n) is 24.1. The predicted octanol–water partition coefficient (Wildman–Crippen LogP) is 11.1. The molecule has 8 aromatic carbocycles. The lowest BCUT2D eigenvalue weighted by Gasteiger charge is -2.35.